The lowest BCUT2D eigenvalue weighted by Crippen LogP contribution is -2.38. The molecule has 3 rings (SSSR count). The zero-order valence-electron chi connectivity index (χ0n) is 19.8. The zero-order chi connectivity index (χ0) is 26.0. The van der Waals surface area contributed by atoms with Crippen LogP contribution in [-0.2, 0) is 25.8 Å². The maximum Gasteiger partial charge on any atom is 0.262 e. The summed E-state index contributed by atoms with van der Waals surface area (Å²) in [6.07, 6.45) is 1.09. The van der Waals surface area contributed by atoms with Gasteiger partial charge < -0.3 is 10.1 Å². The van der Waals surface area contributed by atoms with E-state index in [9.17, 15) is 18.0 Å². The van der Waals surface area contributed by atoms with Gasteiger partial charge in [0.1, 0.15) is 17.6 Å². The van der Waals surface area contributed by atoms with E-state index < -0.39 is 21.0 Å². The first-order valence-corrected chi connectivity index (χ1v) is 13.8. The van der Waals surface area contributed by atoms with Crippen LogP contribution >= 0.6 is 11.3 Å². The molecule has 2 aromatic carbocycles. The quantitative estimate of drug-likeness (QED) is 0.143. The van der Waals surface area contributed by atoms with Crippen LogP contribution in [0.4, 0.5) is 0 Å². The van der Waals surface area contributed by atoms with E-state index in [1.165, 1.54) is 29.7 Å². The Hall–Kier alpha value is -3.39. The lowest BCUT2D eigenvalue weighted by Gasteiger charge is -2.16. The van der Waals surface area contributed by atoms with Crippen molar-refractivity contribution < 1.29 is 28.0 Å². The third-order valence-corrected chi connectivity index (χ3v) is 8.69. The molecular formula is C26H28N2O6S2. The topological polar surface area (TPSA) is 122 Å². The van der Waals surface area contributed by atoms with Gasteiger partial charge in [-0.05, 0) is 72.8 Å². The second-order valence-electron chi connectivity index (χ2n) is 7.98. The van der Waals surface area contributed by atoms with Crippen molar-refractivity contribution >= 4 is 43.1 Å². The molecule has 0 fully saturated rings. The van der Waals surface area contributed by atoms with Gasteiger partial charge in [-0.1, -0.05) is 24.1 Å². The molecule has 1 heterocycles. The number of hydrogen-bond donors (Lipinski definition) is 3. The maximum absolute atomic E-state index is 13.1. The van der Waals surface area contributed by atoms with E-state index in [1.54, 1.807) is 18.3 Å². The van der Waals surface area contributed by atoms with E-state index in [-0.39, 0.29) is 30.3 Å². The first kappa shape index (κ1) is 27.2. The molecule has 0 radical (unpaired) electrons. The minimum Gasteiger partial charge on any atom is -0.481 e. The fraction of sp³-hybridized carbons (Fsp3) is 0.308. The summed E-state index contributed by atoms with van der Waals surface area (Å²) < 4.78 is 32.6. The summed E-state index contributed by atoms with van der Waals surface area (Å²) in [5.74, 6) is 4.77. The highest BCUT2D eigenvalue weighted by Gasteiger charge is 2.33. The fourth-order valence-corrected chi connectivity index (χ4v) is 6.29. The van der Waals surface area contributed by atoms with E-state index in [1.807, 2.05) is 29.6 Å². The Morgan fingerprint density at radius 1 is 1.11 bits per heavy atom. The standard InChI is InChI=1S/C26H28N2O6S2/c1-2-3-16-34-20-11-13-21(14-12-20)36(32,33)24(26(30)28-31)10-6-7-15-27-25(29)17-19-18-35-23-9-5-4-8-22(19)23/h4-5,8-9,11-14,18,24,31H,6-7,10,15-17H2,1H3,(H,27,29)(H,28,30). The van der Waals surface area contributed by atoms with Crippen molar-refractivity contribution in [1.82, 2.24) is 10.8 Å². The van der Waals surface area contributed by atoms with Gasteiger partial charge in [0.2, 0.25) is 5.91 Å². The van der Waals surface area contributed by atoms with Crippen molar-refractivity contribution in [3.63, 3.8) is 0 Å². The second-order valence-corrected chi connectivity index (χ2v) is 11.0. The highest BCUT2D eigenvalue weighted by molar-refractivity contribution is 7.92. The highest BCUT2D eigenvalue weighted by Crippen LogP contribution is 2.26. The van der Waals surface area contributed by atoms with E-state index in [0.29, 0.717) is 25.1 Å². The van der Waals surface area contributed by atoms with Gasteiger partial charge in [-0.3, -0.25) is 14.8 Å². The van der Waals surface area contributed by atoms with Crippen LogP contribution in [0.2, 0.25) is 0 Å². The number of unbranched alkanes of at least 4 members (excludes halogenated alkanes) is 1. The summed E-state index contributed by atoms with van der Waals surface area (Å²) in [6.45, 7) is 2.21. The van der Waals surface area contributed by atoms with Crippen molar-refractivity contribution in [2.75, 3.05) is 13.2 Å². The molecule has 3 N–H and O–H groups in total. The third-order valence-electron chi connectivity index (χ3n) is 5.54. The summed E-state index contributed by atoms with van der Waals surface area (Å²) >= 11 is 1.59. The highest BCUT2D eigenvalue weighted by atomic mass is 32.2. The Morgan fingerprint density at radius 3 is 2.58 bits per heavy atom. The number of benzene rings is 2. The molecule has 1 atom stereocenters. The van der Waals surface area contributed by atoms with Gasteiger partial charge in [0.15, 0.2) is 9.84 Å². The lowest BCUT2D eigenvalue weighted by molar-refractivity contribution is -0.129. The molecule has 0 aliphatic rings. The monoisotopic (exact) mass is 528 g/mol. The van der Waals surface area contributed by atoms with Crippen LogP contribution in [0.5, 0.6) is 5.75 Å². The van der Waals surface area contributed by atoms with Crippen LogP contribution in [-0.4, -0.2) is 43.8 Å². The molecule has 1 aromatic heterocycles. The van der Waals surface area contributed by atoms with Crippen molar-refractivity contribution in [3.05, 3.63) is 59.5 Å². The summed E-state index contributed by atoms with van der Waals surface area (Å²) in [5.41, 5.74) is 2.42. The number of amides is 2. The Bertz CT molecular complexity index is 1350. The van der Waals surface area contributed by atoms with Crippen LogP contribution in [0.15, 0.2) is 58.8 Å². The van der Waals surface area contributed by atoms with Crippen LogP contribution in [0.25, 0.3) is 10.1 Å². The molecule has 0 spiro atoms. The SMILES string of the molecule is CC#CCOc1ccc(S(=O)(=O)C(CCCCNC(=O)Cc2csc3ccccc23)C(=O)NO)cc1. The van der Waals surface area contributed by atoms with Gasteiger partial charge in [-0.2, -0.15) is 0 Å². The Kier molecular flexibility index (Phi) is 9.87. The zero-order valence-corrected chi connectivity index (χ0v) is 21.5. The van der Waals surface area contributed by atoms with Crippen LogP contribution in [0, 0.1) is 11.8 Å². The van der Waals surface area contributed by atoms with Gasteiger partial charge in [0.05, 0.1) is 11.3 Å². The summed E-state index contributed by atoms with van der Waals surface area (Å²) in [4.78, 5) is 24.5. The molecule has 0 saturated heterocycles. The number of hydrogen-bond acceptors (Lipinski definition) is 7. The van der Waals surface area contributed by atoms with Gasteiger partial charge >= 0.3 is 0 Å². The normalized spacial score (nSPS) is 11.8. The molecule has 36 heavy (non-hydrogen) atoms. The van der Waals surface area contributed by atoms with Gasteiger partial charge in [0, 0.05) is 11.2 Å². The van der Waals surface area contributed by atoms with Crippen molar-refractivity contribution in [2.24, 2.45) is 0 Å². The molecule has 0 aliphatic carbocycles. The molecule has 1 unspecified atom stereocenters. The predicted octanol–water partition coefficient (Wildman–Crippen LogP) is 3.48. The average Bonchev–Trinajstić information content (AvgIpc) is 3.28. The number of sulfone groups is 1. The largest absolute Gasteiger partial charge is 0.481 e. The molecule has 0 saturated carbocycles. The number of nitrogens with one attached hydrogen (secondary N) is 2. The van der Waals surface area contributed by atoms with E-state index in [0.717, 1.165) is 15.6 Å². The van der Waals surface area contributed by atoms with Crippen LogP contribution < -0.4 is 15.5 Å². The molecule has 2 amide bonds. The lowest BCUT2D eigenvalue weighted by atomic mass is 10.1. The number of rotatable bonds is 12. The van der Waals surface area contributed by atoms with Crippen molar-refractivity contribution in [1.29, 1.82) is 0 Å². The minimum absolute atomic E-state index is 0.00982. The first-order chi connectivity index (χ1) is 17.4. The average molecular weight is 529 g/mol. The molecule has 0 bridgehead atoms. The van der Waals surface area contributed by atoms with Crippen LogP contribution in [0.1, 0.15) is 31.7 Å². The molecule has 0 aliphatic heterocycles. The fourth-order valence-electron chi connectivity index (χ4n) is 3.67. The Balaban J connectivity index is 1.52. The number of carbonyl (C=O) groups is 2. The number of thiophene rings is 1. The van der Waals surface area contributed by atoms with E-state index >= 15 is 0 Å². The number of ether oxygens (including phenoxy) is 1. The summed E-state index contributed by atoms with van der Waals surface area (Å²) in [6, 6.07) is 13.6. The number of hydroxylamine groups is 1. The molecular weight excluding hydrogens is 500 g/mol. The Morgan fingerprint density at radius 2 is 1.86 bits per heavy atom. The first-order valence-electron chi connectivity index (χ1n) is 11.4. The summed E-state index contributed by atoms with van der Waals surface area (Å²) in [5, 5.41) is 13.5. The number of carbonyl (C=O) groups excluding carboxylic acids is 2. The number of fused-ring (bicyclic) bond motifs is 1. The van der Waals surface area contributed by atoms with Crippen molar-refractivity contribution in [2.45, 2.75) is 42.8 Å². The molecule has 190 valence electrons. The van der Waals surface area contributed by atoms with Gasteiger partial charge in [-0.25, -0.2) is 13.9 Å². The minimum atomic E-state index is -4.05. The third kappa shape index (κ3) is 7.07. The molecule has 3 aromatic rings. The predicted molar refractivity (Wildman–Crippen MR) is 139 cm³/mol. The smallest absolute Gasteiger partial charge is 0.262 e. The van der Waals surface area contributed by atoms with Crippen molar-refractivity contribution in [3.8, 4) is 17.6 Å². The molecule has 8 nitrogen and oxygen atoms in total. The summed E-state index contributed by atoms with van der Waals surface area (Å²) in [7, 11) is -4.05. The van der Waals surface area contributed by atoms with Crippen LogP contribution in [0.3, 0.4) is 0 Å². The molecule has 10 heteroatoms. The second kappa shape index (κ2) is 13.1. The van der Waals surface area contributed by atoms with Gasteiger partial charge in [0.25, 0.3) is 5.91 Å². The van der Waals surface area contributed by atoms with E-state index in [4.69, 9.17) is 9.94 Å². The van der Waals surface area contributed by atoms with Gasteiger partial charge in [-0.15, -0.1) is 17.3 Å². The maximum atomic E-state index is 13.1. The Labute approximate surface area is 214 Å². The van der Waals surface area contributed by atoms with E-state index in [2.05, 4.69) is 17.2 Å².